The zero-order valence-electron chi connectivity index (χ0n) is 17.1. The molecule has 6 unspecified atom stereocenters. The highest BCUT2D eigenvalue weighted by molar-refractivity contribution is 7.51. The summed E-state index contributed by atoms with van der Waals surface area (Å²) in [6.45, 7) is 13.4. The zero-order valence-corrected chi connectivity index (χ0v) is 18.0. The molecule has 0 aliphatic heterocycles. The van der Waals surface area contributed by atoms with E-state index in [-0.39, 0.29) is 12.2 Å². The summed E-state index contributed by atoms with van der Waals surface area (Å²) in [5.41, 5.74) is 6.11. The van der Waals surface area contributed by atoms with Crippen LogP contribution in [0.2, 0.25) is 0 Å². The minimum absolute atomic E-state index is 0.0434. The molecule has 2 rings (SSSR count). The Morgan fingerprint density at radius 2 is 1.16 bits per heavy atom. The molecule has 2 saturated carbocycles. The monoisotopic (exact) mass is 373 g/mol. The quantitative estimate of drug-likeness (QED) is 0.579. The highest BCUT2D eigenvalue weighted by Crippen LogP contribution is 2.51. The Morgan fingerprint density at radius 1 is 0.800 bits per heavy atom. The Balaban J connectivity index is 2.04. The zero-order chi connectivity index (χ0) is 18.8. The van der Waals surface area contributed by atoms with E-state index in [1.807, 2.05) is 0 Å². The fraction of sp³-hybridized carbons (Fsp3) is 1.00. The summed E-state index contributed by atoms with van der Waals surface area (Å²) in [7, 11) is -3.54. The molecule has 2 aliphatic carbocycles. The van der Waals surface area contributed by atoms with E-state index in [4.69, 9.17) is 14.6 Å². The molecule has 4 nitrogen and oxygen atoms in total. The standard InChI is InChI=1S/C20H40NO3P/c1-13(2)17-9-7-15(5)11-19(17)23-25(21,22)24-20-12-16(6)8-10-18(20)14(3)4/h13-20H,7-12H2,1-6H3,(H2,21,22). The molecule has 0 heterocycles. The van der Waals surface area contributed by atoms with Gasteiger partial charge >= 0.3 is 7.75 Å². The number of hydrogen-bond acceptors (Lipinski definition) is 3. The Hall–Kier alpha value is 0.110. The van der Waals surface area contributed by atoms with Gasteiger partial charge in [0.1, 0.15) is 0 Å². The predicted octanol–water partition coefficient (Wildman–Crippen LogP) is 6.01. The van der Waals surface area contributed by atoms with Crippen molar-refractivity contribution in [2.45, 2.75) is 92.3 Å². The van der Waals surface area contributed by atoms with E-state index in [0.717, 1.165) is 25.7 Å². The summed E-state index contributed by atoms with van der Waals surface area (Å²) in [6, 6.07) is 0. The van der Waals surface area contributed by atoms with E-state index in [1.165, 1.54) is 12.8 Å². The molecule has 0 amide bonds. The third-order valence-electron chi connectivity index (χ3n) is 6.49. The van der Waals surface area contributed by atoms with Crippen LogP contribution in [0.15, 0.2) is 0 Å². The van der Waals surface area contributed by atoms with Crippen molar-refractivity contribution in [1.82, 2.24) is 0 Å². The normalized spacial score (nSPS) is 39.6. The van der Waals surface area contributed by atoms with Crippen LogP contribution in [-0.4, -0.2) is 12.2 Å². The van der Waals surface area contributed by atoms with Gasteiger partial charge < -0.3 is 0 Å². The van der Waals surface area contributed by atoms with Crippen LogP contribution in [-0.2, 0) is 13.6 Å². The van der Waals surface area contributed by atoms with Crippen LogP contribution in [0.5, 0.6) is 0 Å². The molecular formula is C20H40NO3P. The van der Waals surface area contributed by atoms with Gasteiger partial charge in [0, 0.05) is 0 Å². The molecule has 0 aromatic rings. The summed E-state index contributed by atoms with van der Waals surface area (Å²) in [5.74, 6) is 3.05. The number of hydrogen-bond donors (Lipinski definition) is 1. The Bertz CT molecular complexity index is 430. The van der Waals surface area contributed by atoms with Gasteiger partial charge in [0.2, 0.25) is 0 Å². The van der Waals surface area contributed by atoms with Crippen molar-refractivity contribution >= 4 is 7.75 Å². The summed E-state index contributed by atoms with van der Waals surface area (Å²) in [5, 5.41) is 0. The smallest absolute Gasteiger partial charge is 0.293 e. The lowest BCUT2D eigenvalue weighted by Crippen LogP contribution is -2.37. The predicted molar refractivity (Wildman–Crippen MR) is 104 cm³/mol. The van der Waals surface area contributed by atoms with Crippen LogP contribution in [0.3, 0.4) is 0 Å². The molecule has 25 heavy (non-hydrogen) atoms. The molecule has 2 fully saturated rings. The van der Waals surface area contributed by atoms with Crippen LogP contribution < -0.4 is 5.50 Å². The van der Waals surface area contributed by atoms with Crippen molar-refractivity contribution < 1.29 is 13.6 Å². The number of rotatable bonds is 6. The van der Waals surface area contributed by atoms with E-state index >= 15 is 0 Å². The molecule has 5 heteroatoms. The first-order chi connectivity index (χ1) is 11.6. The van der Waals surface area contributed by atoms with E-state index in [9.17, 15) is 4.57 Å². The Morgan fingerprint density at radius 3 is 1.48 bits per heavy atom. The van der Waals surface area contributed by atoms with Gasteiger partial charge in [-0.25, -0.2) is 10.1 Å². The number of nitrogens with two attached hydrogens (primary N) is 1. The third kappa shape index (κ3) is 6.06. The van der Waals surface area contributed by atoms with Crippen LogP contribution in [0.25, 0.3) is 0 Å². The van der Waals surface area contributed by atoms with Gasteiger partial charge in [-0.05, 0) is 61.2 Å². The summed E-state index contributed by atoms with van der Waals surface area (Å²) >= 11 is 0. The van der Waals surface area contributed by atoms with Crippen molar-refractivity contribution in [3.63, 3.8) is 0 Å². The van der Waals surface area contributed by atoms with Crippen LogP contribution in [0.4, 0.5) is 0 Å². The SMILES string of the molecule is CC1CCC(C(C)C)C(OP(N)(=O)OC2CC(C)CCC2C(C)C)C1. The minimum atomic E-state index is -3.54. The molecule has 0 radical (unpaired) electrons. The van der Waals surface area contributed by atoms with Crippen molar-refractivity contribution in [1.29, 1.82) is 0 Å². The first-order valence-electron chi connectivity index (χ1n) is 10.3. The molecule has 0 aromatic carbocycles. The van der Waals surface area contributed by atoms with Crippen molar-refractivity contribution in [3.8, 4) is 0 Å². The average Bonchev–Trinajstić information content (AvgIpc) is 2.45. The first kappa shape index (κ1) is 21.4. The largest absolute Gasteiger partial charge is 0.403 e. The van der Waals surface area contributed by atoms with E-state index in [0.29, 0.717) is 35.5 Å². The van der Waals surface area contributed by atoms with Crippen molar-refractivity contribution in [2.24, 2.45) is 41.0 Å². The lowest BCUT2D eigenvalue weighted by atomic mass is 9.75. The lowest BCUT2D eigenvalue weighted by molar-refractivity contribution is -0.00346. The van der Waals surface area contributed by atoms with Gasteiger partial charge in [0.15, 0.2) is 0 Å². The summed E-state index contributed by atoms with van der Waals surface area (Å²) in [6.07, 6.45) is 6.46. The fourth-order valence-electron chi connectivity index (χ4n) is 4.87. The van der Waals surface area contributed by atoms with Crippen LogP contribution >= 0.6 is 7.75 Å². The van der Waals surface area contributed by atoms with Gasteiger partial charge in [-0.2, -0.15) is 0 Å². The van der Waals surface area contributed by atoms with Crippen molar-refractivity contribution in [2.75, 3.05) is 0 Å². The molecule has 6 atom stereocenters. The molecule has 0 spiro atoms. The second kappa shape index (κ2) is 8.87. The Labute approximate surface area is 155 Å². The second-order valence-corrected chi connectivity index (χ2v) is 11.0. The maximum Gasteiger partial charge on any atom is 0.403 e. The topological polar surface area (TPSA) is 61.5 Å². The minimum Gasteiger partial charge on any atom is -0.293 e. The highest BCUT2D eigenvalue weighted by Gasteiger charge is 2.40. The average molecular weight is 374 g/mol. The summed E-state index contributed by atoms with van der Waals surface area (Å²) in [4.78, 5) is 0. The third-order valence-corrected chi connectivity index (χ3v) is 7.62. The molecule has 2 N–H and O–H groups in total. The van der Waals surface area contributed by atoms with E-state index in [1.54, 1.807) is 0 Å². The molecule has 0 bridgehead atoms. The van der Waals surface area contributed by atoms with Gasteiger partial charge in [-0.15, -0.1) is 0 Å². The highest BCUT2D eigenvalue weighted by atomic mass is 31.2. The second-order valence-electron chi connectivity index (χ2n) is 9.48. The van der Waals surface area contributed by atoms with Crippen LogP contribution in [0.1, 0.15) is 80.1 Å². The van der Waals surface area contributed by atoms with Gasteiger partial charge in [0.05, 0.1) is 12.2 Å². The fourth-order valence-corrected chi connectivity index (χ4v) is 6.16. The lowest BCUT2D eigenvalue weighted by Gasteiger charge is -2.40. The molecule has 148 valence electrons. The van der Waals surface area contributed by atoms with E-state index in [2.05, 4.69) is 41.5 Å². The molecule has 0 saturated heterocycles. The molecule has 2 aliphatic rings. The Kier molecular flexibility index (Phi) is 7.59. The van der Waals surface area contributed by atoms with Gasteiger partial charge in [-0.3, -0.25) is 9.05 Å². The maximum atomic E-state index is 13.0. The molecular weight excluding hydrogens is 333 g/mol. The molecule has 0 aromatic heterocycles. The summed E-state index contributed by atoms with van der Waals surface area (Å²) < 4.78 is 25.0. The van der Waals surface area contributed by atoms with Crippen molar-refractivity contribution in [3.05, 3.63) is 0 Å². The van der Waals surface area contributed by atoms with Gasteiger partial charge in [0.25, 0.3) is 0 Å². The maximum absolute atomic E-state index is 13.0. The van der Waals surface area contributed by atoms with E-state index < -0.39 is 7.75 Å². The first-order valence-corrected chi connectivity index (χ1v) is 12.0. The van der Waals surface area contributed by atoms with Crippen LogP contribution in [0, 0.1) is 35.5 Å². The van der Waals surface area contributed by atoms with Gasteiger partial charge in [-0.1, -0.05) is 54.4 Å².